The van der Waals surface area contributed by atoms with Crippen LogP contribution < -0.4 is 20.1 Å². The maximum Gasteiger partial charge on any atom is 0.257 e. The van der Waals surface area contributed by atoms with Gasteiger partial charge >= 0.3 is 0 Å². The molecule has 0 saturated carbocycles. The molecule has 2 aromatic carbocycles. The molecule has 0 aliphatic heterocycles. The van der Waals surface area contributed by atoms with Gasteiger partial charge in [-0.1, -0.05) is 26.7 Å². The molecule has 5 nitrogen and oxygen atoms in total. The van der Waals surface area contributed by atoms with E-state index < -0.39 is 0 Å². The van der Waals surface area contributed by atoms with Gasteiger partial charge in [0.15, 0.2) is 5.11 Å². The highest BCUT2D eigenvalue weighted by atomic mass is 32.1. The first-order chi connectivity index (χ1) is 13.6. The minimum absolute atomic E-state index is 0.243. The first-order valence-corrected chi connectivity index (χ1v) is 10.1. The van der Waals surface area contributed by atoms with E-state index in [0.29, 0.717) is 18.8 Å². The van der Waals surface area contributed by atoms with Crippen molar-refractivity contribution in [2.75, 3.05) is 18.5 Å². The summed E-state index contributed by atoms with van der Waals surface area (Å²) in [6.07, 6.45) is 4.30. The molecule has 0 atom stereocenters. The van der Waals surface area contributed by atoms with Gasteiger partial charge in [-0.05, 0) is 73.6 Å². The lowest BCUT2D eigenvalue weighted by molar-refractivity contribution is 0.0977. The van der Waals surface area contributed by atoms with Gasteiger partial charge in [-0.15, -0.1) is 0 Å². The summed E-state index contributed by atoms with van der Waals surface area (Å²) in [7, 11) is 0. The van der Waals surface area contributed by atoms with Crippen LogP contribution in [0.5, 0.6) is 11.5 Å². The average molecular weight is 401 g/mol. The molecule has 0 aliphatic rings. The molecule has 0 fully saturated rings. The van der Waals surface area contributed by atoms with Crippen LogP contribution in [-0.4, -0.2) is 24.2 Å². The number of carbonyl (C=O) groups is 1. The van der Waals surface area contributed by atoms with E-state index in [-0.39, 0.29) is 11.0 Å². The van der Waals surface area contributed by atoms with Gasteiger partial charge in [0, 0.05) is 11.3 Å². The number of ether oxygens (including phenoxy) is 2. The molecule has 0 bridgehead atoms. The van der Waals surface area contributed by atoms with Gasteiger partial charge in [0.25, 0.3) is 5.91 Å². The van der Waals surface area contributed by atoms with Crippen molar-refractivity contribution in [1.82, 2.24) is 5.32 Å². The number of amides is 1. The number of carbonyl (C=O) groups excluding carboxylic acids is 1. The third-order valence-corrected chi connectivity index (χ3v) is 4.15. The van der Waals surface area contributed by atoms with Crippen LogP contribution >= 0.6 is 12.2 Å². The molecule has 0 aromatic heterocycles. The quantitative estimate of drug-likeness (QED) is 0.425. The van der Waals surface area contributed by atoms with Gasteiger partial charge < -0.3 is 14.8 Å². The Morgan fingerprint density at radius 3 is 2.07 bits per heavy atom. The van der Waals surface area contributed by atoms with Crippen LogP contribution in [-0.2, 0) is 0 Å². The number of hydrogen-bond donors (Lipinski definition) is 2. The lowest BCUT2D eigenvalue weighted by Gasteiger charge is -2.11. The molecule has 2 N–H and O–H groups in total. The zero-order valence-corrected chi connectivity index (χ0v) is 17.3. The van der Waals surface area contributed by atoms with E-state index >= 15 is 0 Å². The predicted octanol–water partition coefficient (Wildman–Crippen LogP) is 5.17. The predicted molar refractivity (Wildman–Crippen MR) is 117 cm³/mol. The molecule has 0 heterocycles. The number of thiocarbonyl (C=S) groups is 1. The summed E-state index contributed by atoms with van der Waals surface area (Å²) in [5, 5.41) is 5.92. The second kappa shape index (κ2) is 12.0. The fourth-order valence-corrected chi connectivity index (χ4v) is 2.65. The molecule has 0 unspecified atom stereocenters. The maximum atomic E-state index is 12.3. The molecule has 0 aliphatic carbocycles. The summed E-state index contributed by atoms with van der Waals surface area (Å²) in [5.41, 5.74) is 1.30. The summed E-state index contributed by atoms with van der Waals surface area (Å²) in [6.45, 7) is 5.59. The summed E-state index contributed by atoms with van der Waals surface area (Å²) in [5.74, 6) is 1.30. The van der Waals surface area contributed by atoms with E-state index in [1.807, 2.05) is 24.3 Å². The molecule has 28 heavy (non-hydrogen) atoms. The van der Waals surface area contributed by atoms with Crippen molar-refractivity contribution in [2.24, 2.45) is 0 Å². The number of unbranched alkanes of at least 4 members (excludes halogenated alkanes) is 2. The first kappa shape index (κ1) is 21.7. The number of hydrogen-bond acceptors (Lipinski definition) is 4. The number of benzene rings is 2. The molecular weight excluding hydrogens is 372 g/mol. The molecule has 2 aromatic rings. The van der Waals surface area contributed by atoms with Crippen molar-refractivity contribution in [3.05, 3.63) is 54.1 Å². The second-order valence-electron chi connectivity index (χ2n) is 6.36. The van der Waals surface area contributed by atoms with E-state index in [2.05, 4.69) is 24.5 Å². The van der Waals surface area contributed by atoms with Crippen molar-refractivity contribution < 1.29 is 14.3 Å². The Morgan fingerprint density at radius 1 is 0.857 bits per heavy atom. The van der Waals surface area contributed by atoms with Gasteiger partial charge in [-0.2, -0.15) is 0 Å². The smallest absolute Gasteiger partial charge is 0.257 e. The third kappa shape index (κ3) is 7.56. The van der Waals surface area contributed by atoms with Crippen LogP contribution in [0.15, 0.2) is 48.5 Å². The van der Waals surface area contributed by atoms with E-state index in [0.717, 1.165) is 42.9 Å². The van der Waals surface area contributed by atoms with Crippen LogP contribution in [0, 0.1) is 0 Å². The molecule has 1 amide bonds. The van der Waals surface area contributed by atoms with E-state index in [1.165, 1.54) is 0 Å². The van der Waals surface area contributed by atoms with E-state index in [4.69, 9.17) is 21.7 Å². The zero-order chi connectivity index (χ0) is 20.2. The molecule has 0 spiro atoms. The molecule has 0 radical (unpaired) electrons. The Morgan fingerprint density at radius 2 is 1.46 bits per heavy atom. The lowest BCUT2D eigenvalue weighted by atomic mass is 10.2. The largest absolute Gasteiger partial charge is 0.494 e. The Balaban J connectivity index is 1.80. The molecule has 150 valence electrons. The Labute approximate surface area is 172 Å². The van der Waals surface area contributed by atoms with Crippen LogP contribution in [0.1, 0.15) is 49.9 Å². The monoisotopic (exact) mass is 400 g/mol. The van der Waals surface area contributed by atoms with Gasteiger partial charge in [0.1, 0.15) is 11.5 Å². The number of nitrogens with one attached hydrogen (secondary N) is 2. The van der Waals surface area contributed by atoms with Crippen LogP contribution in [0.25, 0.3) is 0 Å². The summed E-state index contributed by atoms with van der Waals surface area (Å²) < 4.78 is 11.2. The Bertz CT molecular complexity index is 745. The van der Waals surface area contributed by atoms with Crippen molar-refractivity contribution >= 4 is 28.9 Å². The highest BCUT2D eigenvalue weighted by Crippen LogP contribution is 2.16. The molecule has 2 rings (SSSR count). The summed E-state index contributed by atoms with van der Waals surface area (Å²) in [6, 6.07) is 14.5. The summed E-state index contributed by atoms with van der Waals surface area (Å²) >= 11 is 5.22. The normalized spacial score (nSPS) is 10.2. The Kier molecular flexibility index (Phi) is 9.28. The fourth-order valence-electron chi connectivity index (χ4n) is 2.44. The molecule has 0 saturated heterocycles. The Hall–Kier alpha value is -2.60. The minimum atomic E-state index is -0.266. The minimum Gasteiger partial charge on any atom is -0.494 e. The maximum absolute atomic E-state index is 12.3. The fraction of sp³-hybridized carbons (Fsp3) is 0.364. The number of anilines is 1. The molecule has 6 heteroatoms. The summed E-state index contributed by atoms with van der Waals surface area (Å²) in [4.78, 5) is 12.3. The SMILES string of the molecule is CCCCCOc1ccc(C(=O)NC(=S)Nc2ccc(OCCC)cc2)cc1. The van der Waals surface area contributed by atoms with Gasteiger partial charge in [0.05, 0.1) is 13.2 Å². The van der Waals surface area contributed by atoms with E-state index in [1.54, 1.807) is 24.3 Å². The van der Waals surface area contributed by atoms with Gasteiger partial charge in [0.2, 0.25) is 0 Å². The highest BCUT2D eigenvalue weighted by molar-refractivity contribution is 7.80. The zero-order valence-electron chi connectivity index (χ0n) is 16.5. The molecular formula is C22H28N2O3S. The first-order valence-electron chi connectivity index (χ1n) is 9.70. The lowest BCUT2D eigenvalue weighted by Crippen LogP contribution is -2.34. The van der Waals surface area contributed by atoms with Gasteiger partial charge in [-0.25, -0.2) is 0 Å². The van der Waals surface area contributed by atoms with Crippen molar-refractivity contribution in [3.63, 3.8) is 0 Å². The van der Waals surface area contributed by atoms with Crippen molar-refractivity contribution in [2.45, 2.75) is 39.5 Å². The van der Waals surface area contributed by atoms with Crippen molar-refractivity contribution in [3.8, 4) is 11.5 Å². The van der Waals surface area contributed by atoms with E-state index in [9.17, 15) is 4.79 Å². The number of rotatable bonds is 10. The van der Waals surface area contributed by atoms with Crippen molar-refractivity contribution in [1.29, 1.82) is 0 Å². The highest BCUT2D eigenvalue weighted by Gasteiger charge is 2.08. The van der Waals surface area contributed by atoms with Crippen LogP contribution in [0.3, 0.4) is 0 Å². The topological polar surface area (TPSA) is 59.6 Å². The standard InChI is InChI=1S/C22H28N2O3S/c1-3-5-6-16-27-19-11-7-17(8-12-19)21(25)24-22(28)23-18-9-13-20(14-10-18)26-15-4-2/h7-14H,3-6,15-16H2,1-2H3,(H2,23,24,25,28). The van der Waals surface area contributed by atoms with Gasteiger partial charge in [-0.3, -0.25) is 10.1 Å². The third-order valence-electron chi connectivity index (χ3n) is 3.95. The second-order valence-corrected chi connectivity index (χ2v) is 6.77. The van der Waals surface area contributed by atoms with Crippen LogP contribution in [0.2, 0.25) is 0 Å². The van der Waals surface area contributed by atoms with Crippen LogP contribution in [0.4, 0.5) is 5.69 Å². The average Bonchev–Trinajstić information content (AvgIpc) is 2.71.